The van der Waals surface area contributed by atoms with Gasteiger partial charge in [-0.1, -0.05) is 38.1 Å². The van der Waals surface area contributed by atoms with E-state index in [4.69, 9.17) is 14.6 Å². The topological polar surface area (TPSA) is 121 Å². The van der Waals surface area contributed by atoms with E-state index in [9.17, 15) is 19.1 Å². The molecule has 1 saturated heterocycles. The number of aliphatic hydroxyl groups is 1. The van der Waals surface area contributed by atoms with Crippen LogP contribution in [0.2, 0.25) is 0 Å². The van der Waals surface area contributed by atoms with Crippen molar-refractivity contribution in [3.8, 4) is 16.9 Å². The molecule has 0 bridgehead atoms. The number of aliphatic carboxylic acids is 1. The molecule has 0 aliphatic carbocycles. The number of anilines is 1. The molecule has 0 atom stereocenters. The number of nitrogens with zero attached hydrogens (tertiary/aromatic N) is 2. The second-order valence-electron chi connectivity index (χ2n) is 13.6. The first kappa shape index (κ1) is 37.4. The summed E-state index contributed by atoms with van der Waals surface area (Å²) in [6.45, 7) is 14.1. The number of rotatable bonds is 12. The molecule has 47 heavy (non-hydrogen) atoms. The highest BCUT2D eigenvalue weighted by molar-refractivity contribution is 6.03. The van der Waals surface area contributed by atoms with E-state index < -0.39 is 11.6 Å². The van der Waals surface area contributed by atoms with Gasteiger partial charge in [0, 0.05) is 50.0 Å². The Morgan fingerprint density at radius 3 is 2.17 bits per heavy atom. The smallest absolute Gasteiger partial charge is 0.307 e. The van der Waals surface area contributed by atoms with Gasteiger partial charge in [0.1, 0.15) is 17.3 Å². The van der Waals surface area contributed by atoms with E-state index in [1.54, 1.807) is 46.9 Å². The van der Waals surface area contributed by atoms with Gasteiger partial charge in [0.05, 0.1) is 30.9 Å². The zero-order valence-corrected chi connectivity index (χ0v) is 28.8. The minimum Gasteiger partial charge on any atom is -0.493 e. The van der Waals surface area contributed by atoms with Crippen LogP contribution >= 0.6 is 0 Å². The third-order valence-corrected chi connectivity index (χ3v) is 7.76. The number of piperidine rings is 1. The fraction of sp³-hybridized carbons (Fsp3) is 0.486. The number of carbonyl (C=O) groups excluding carboxylic acids is 1. The molecule has 10 heteroatoms. The van der Waals surface area contributed by atoms with Crippen molar-refractivity contribution in [2.75, 3.05) is 44.9 Å². The van der Waals surface area contributed by atoms with Gasteiger partial charge in [0.25, 0.3) is 5.91 Å². The Hall–Kier alpha value is -4.02. The van der Waals surface area contributed by atoms with Gasteiger partial charge in [0.15, 0.2) is 0 Å². The Morgan fingerprint density at radius 1 is 1.02 bits per heavy atom. The van der Waals surface area contributed by atoms with E-state index in [-0.39, 0.29) is 29.3 Å². The van der Waals surface area contributed by atoms with Crippen LogP contribution in [0.15, 0.2) is 48.5 Å². The van der Waals surface area contributed by atoms with Crippen LogP contribution in [0.4, 0.5) is 10.1 Å². The lowest BCUT2D eigenvalue weighted by atomic mass is 9.82. The summed E-state index contributed by atoms with van der Waals surface area (Å²) in [4.78, 5) is 32.4. The van der Waals surface area contributed by atoms with Crippen LogP contribution in [0.1, 0.15) is 74.8 Å². The average molecular weight is 652 g/mol. The largest absolute Gasteiger partial charge is 0.493 e. The Labute approximate surface area is 278 Å². The molecule has 1 aliphatic heterocycles. The molecule has 1 aliphatic rings. The van der Waals surface area contributed by atoms with E-state index in [1.165, 1.54) is 12.1 Å². The number of carboxylic acids is 1. The number of carbonyl (C=O) groups is 2. The normalized spacial score (nSPS) is 14.2. The van der Waals surface area contributed by atoms with Gasteiger partial charge in [-0.2, -0.15) is 0 Å². The van der Waals surface area contributed by atoms with Crippen LogP contribution in [0.5, 0.6) is 5.75 Å². The average Bonchev–Trinajstić information content (AvgIpc) is 2.98. The second-order valence-corrected chi connectivity index (χ2v) is 13.6. The summed E-state index contributed by atoms with van der Waals surface area (Å²) in [5.41, 5.74) is 4.16. The molecule has 2 aromatic carbocycles. The highest BCUT2D eigenvalue weighted by Crippen LogP contribution is 2.42. The number of amides is 1. The second kappa shape index (κ2) is 16.7. The monoisotopic (exact) mass is 651 g/mol. The number of carboxylic acid groups (broad SMARTS) is 1. The summed E-state index contributed by atoms with van der Waals surface area (Å²) >= 11 is 0. The zero-order chi connectivity index (χ0) is 34.8. The van der Waals surface area contributed by atoms with Crippen molar-refractivity contribution < 1.29 is 33.7 Å². The number of hydrogen-bond acceptors (Lipinski definition) is 7. The summed E-state index contributed by atoms with van der Waals surface area (Å²) in [5.74, 6) is -0.914. The molecule has 1 amide bonds. The first-order valence-electron chi connectivity index (χ1n) is 16.1. The number of pyridine rings is 1. The first-order chi connectivity index (χ1) is 22.1. The Balaban J connectivity index is 0.00000111. The third kappa shape index (κ3) is 11.9. The van der Waals surface area contributed by atoms with Gasteiger partial charge in [-0.05, 0) is 81.3 Å². The number of nitrogens with one attached hydrogen (secondary N) is 1. The molecule has 0 saturated carbocycles. The molecule has 4 rings (SSSR count). The van der Waals surface area contributed by atoms with Crippen molar-refractivity contribution in [3.05, 3.63) is 76.9 Å². The van der Waals surface area contributed by atoms with Gasteiger partial charge in [0.2, 0.25) is 0 Å². The summed E-state index contributed by atoms with van der Waals surface area (Å²) in [6, 6.07) is 13.8. The van der Waals surface area contributed by atoms with Crippen LogP contribution in [0, 0.1) is 18.2 Å². The van der Waals surface area contributed by atoms with E-state index in [1.807, 2.05) is 24.3 Å². The maximum absolute atomic E-state index is 13.5. The predicted molar refractivity (Wildman–Crippen MR) is 183 cm³/mol. The number of halogens is 1. The fourth-order valence-electron chi connectivity index (χ4n) is 5.22. The standard InChI is InChI=1S/C33H40FN3O5.C4H10O/c1-22-27(21-28(38)39)31(37-17-14-33(2,3)15-18-37)29(30(36-22)32(40)35-16-20-41-4)24-7-11-26(12-8-24)42-19-13-23-5-9-25(34)10-6-23;1-4(2,3)5/h5-12H,13-21H2,1-4H3,(H,35,40)(H,38,39);5H,1-3H3. The lowest BCUT2D eigenvalue weighted by Gasteiger charge is -2.40. The van der Waals surface area contributed by atoms with Crippen molar-refractivity contribution in [1.82, 2.24) is 10.3 Å². The molecule has 0 unspecified atom stereocenters. The van der Waals surface area contributed by atoms with Crippen molar-refractivity contribution in [3.63, 3.8) is 0 Å². The molecular weight excluding hydrogens is 601 g/mol. The summed E-state index contributed by atoms with van der Waals surface area (Å²) < 4.78 is 24.3. The van der Waals surface area contributed by atoms with E-state index >= 15 is 0 Å². The van der Waals surface area contributed by atoms with Gasteiger partial charge in [-0.15, -0.1) is 0 Å². The quantitative estimate of drug-likeness (QED) is 0.197. The number of aromatic nitrogens is 1. The van der Waals surface area contributed by atoms with E-state index in [0.717, 1.165) is 42.7 Å². The Bertz CT molecular complexity index is 1470. The SMILES string of the molecule is CC(C)(C)O.COCCNC(=O)c1nc(C)c(CC(=O)O)c(N2CCC(C)(C)CC2)c1-c1ccc(OCCc2ccc(F)cc2)cc1. The van der Waals surface area contributed by atoms with E-state index in [0.29, 0.717) is 48.7 Å². The summed E-state index contributed by atoms with van der Waals surface area (Å²) in [7, 11) is 1.57. The van der Waals surface area contributed by atoms with Crippen molar-refractivity contribution >= 4 is 17.6 Å². The number of methoxy groups -OCH3 is 1. The molecule has 0 radical (unpaired) electrons. The predicted octanol–water partition coefficient (Wildman–Crippen LogP) is 6.22. The van der Waals surface area contributed by atoms with Crippen molar-refractivity contribution in [2.45, 2.75) is 72.8 Å². The number of aryl methyl sites for hydroxylation is 1. The van der Waals surface area contributed by atoms with Crippen LogP contribution in [-0.2, 0) is 22.4 Å². The number of hydrogen-bond donors (Lipinski definition) is 3. The summed E-state index contributed by atoms with van der Waals surface area (Å²) in [5, 5.41) is 21.2. The molecule has 9 nitrogen and oxygen atoms in total. The van der Waals surface area contributed by atoms with Crippen LogP contribution < -0.4 is 15.0 Å². The minimum absolute atomic E-state index is 0.180. The summed E-state index contributed by atoms with van der Waals surface area (Å²) in [6.07, 6.45) is 2.31. The van der Waals surface area contributed by atoms with Gasteiger partial charge in [-0.3, -0.25) is 9.59 Å². The van der Waals surface area contributed by atoms with Gasteiger partial charge in [-0.25, -0.2) is 9.37 Å². The van der Waals surface area contributed by atoms with E-state index in [2.05, 4.69) is 29.0 Å². The number of ether oxygens (including phenoxy) is 2. The zero-order valence-electron chi connectivity index (χ0n) is 28.8. The molecule has 3 N–H and O–H groups in total. The molecule has 2 heterocycles. The lowest BCUT2D eigenvalue weighted by Crippen LogP contribution is -2.39. The number of benzene rings is 2. The minimum atomic E-state index is -0.952. The fourth-order valence-corrected chi connectivity index (χ4v) is 5.22. The van der Waals surface area contributed by atoms with Gasteiger partial charge >= 0.3 is 5.97 Å². The lowest BCUT2D eigenvalue weighted by molar-refractivity contribution is -0.136. The third-order valence-electron chi connectivity index (χ3n) is 7.76. The molecule has 256 valence electrons. The molecule has 0 spiro atoms. The van der Waals surface area contributed by atoms with Crippen LogP contribution in [0.3, 0.4) is 0 Å². The molecule has 3 aromatic rings. The highest BCUT2D eigenvalue weighted by Gasteiger charge is 2.32. The Morgan fingerprint density at radius 2 is 1.62 bits per heavy atom. The molecule has 1 fully saturated rings. The maximum atomic E-state index is 13.5. The van der Waals surface area contributed by atoms with Crippen LogP contribution in [-0.4, -0.2) is 72.6 Å². The maximum Gasteiger partial charge on any atom is 0.307 e. The highest BCUT2D eigenvalue weighted by atomic mass is 19.1. The van der Waals surface area contributed by atoms with Gasteiger partial charge < -0.3 is 29.9 Å². The molecule has 1 aromatic heterocycles. The van der Waals surface area contributed by atoms with Crippen molar-refractivity contribution in [2.24, 2.45) is 5.41 Å². The van der Waals surface area contributed by atoms with Crippen molar-refractivity contribution in [1.29, 1.82) is 0 Å². The molecular formula is C37H50FN3O6. The Kier molecular flexibility index (Phi) is 13.3. The van der Waals surface area contributed by atoms with Crippen LogP contribution in [0.25, 0.3) is 11.1 Å². The first-order valence-corrected chi connectivity index (χ1v) is 16.1.